The minimum absolute atomic E-state index is 0.873. The molecule has 0 saturated heterocycles. The van der Waals surface area contributed by atoms with E-state index < -0.39 is 0 Å². The van der Waals surface area contributed by atoms with Crippen molar-refractivity contribution in [2.45, 2.75) is 6.92 Å². The second-order valence-electron chi connectivity index (χ2n) is 12.4. The molecule has 0 radical (unpaired) electrons. The molecule has 2 heterocycles. The largest absolute Gasteiger partial charge is 0.311 e. The fourth-order valence-corrected chi connectivity index (χ4v) is 6.91. The van der Waals surface area contributed by atoms with E-state index >= 15 is 0 Å². The monoisotopic (exact) mass is 628 g/mol. The summed E-state index contributed by atoms with van der Waals surface area (Å²) in [5, 5.41) is 2.52. The Labute approximate surface area is 285 Å². The molecule has 0 amide bonds. The fourth-order valence-electron chi connectivity index (χ4n) is 6.91. The van der Waals surface area contributed by atoms with Crippen LogP contribution in [0.3, 0.4) is 0 Å². The Morgan fingerprint density at radius 3 is 1.55 bits per heavy atom. The standard InChI is InChI=1S/C45H32N4/c1-31-20-29-40-41(30-31)47-45(44(46-40)32-12-4-2-5-13-32)33-21-23-35(24-22-33)48(34-14-6-3-7-15-34)36-25-27-37(28-26-36)49-42-18-10-8-16-38(42)39-17-9-11-19-43(39)49/h2-30H,1H3. The van der Waals surface area contributed by atoms with Crippen LogP contribution >= 0.6 is 0 Å². The molecule has 0 bridgehead atoms. The van der Waals surface area contributed by atoms with Crippen LogP contribution in [0.2, 0.25) is 0 Å². The van der Waals surface area contributed by atoms with Crippen molar-refractivity contribution < 1.29 is 0 Å². The van der Waals surface area contributed by atoms with Crippen molar-refractivity contribution in [3.8, 4) is 28.2 Å². The highest BCUT2D eigenvalue weighted by Gasteiger charge is 2.17. The first-order valence-electron chi connectivity index (χ1n) is 16.6. The molecule has 49 heavy (non-hydrogen) atoms. The number of nitrogens with zero attached hydrogens (tertiary/aromatic N) is 4. The first-order valence-corrected chi connectivity index (χ1v) is 16.6. The first-order chi connectivity index (χ1) is 24.2. The molecule has 7 aromatic carbocycles. The van der Waals surface area contributed by atoms with Crippen molar-refractivity contribution in [3.63, 3.8) is 0 Å². The van der Waals surface area contributed by atoms with E-state index in [0.29, 0.717) is 0 Å². The van der Waals surface area contributed by atoms with E-state index in [1.807, 2.05) is 18.2 Å². The SMILES string of the molecule is Cc1ccc2nc(-c3ccccc3)c(-c3ccc(N(c4ccccc4)c4ccc(-n5c6ccccc6c6ccccc65)cc4)cc3)nc2c1. The first kappa shape index (κ1) is 28.7. The van der Waals surface area contributed by atoms with E-state index in [2.05, 4.69) is 174 Å². The van der Waals surface area contributed by atoms with Crippen LogP contribution in [0.15, 0.2) is 176 Å². The smallest absolute Gasteiger partial charge is 0.0973 e. The molecular formula is C45H32N4. The molecule has 0 aliphatic heterocycles. The molecule has 9 rings (SSSR count). The molecule has 0 aliphatic carbocycles. The lowest BCUT2D eigenvalue weighted by Gasteiger charge is -2.26. The maximum atomic E-state index is 5.17. The molecule has 9 aromatic rings. The second-order valence-corrected chi connectivity index (χ2v) is 12.4. The summed E-state index contributed by atoms with van der Waals surface area (Å²) in [6, 6.07) is 61.9. The third kappa shape index (κ3) is 5.11. The summed E-state index contributed by atoms with van der Waals surface area (Å²) in [5.41, 5.74) is 13.5. The average molecular weight is 629 g/mol. The quantitative estimate of drug-likeness (QED) is 0.184. The molecule has 0 atom stereocenters. The second kappa shape index (κ2) is 11.9. The predicted octanol–water partition coefficient (Wildman–Crippen LogP) is 11.8. The third-order valence-corrected chi connectivity index (χ3v) is 9.23. The lowest BCUT2D eigenvalue weighted by Crippen LogP contribution is -2.10. The highest BCUT2D eigenvalue weighted by molar-refractivity contribution is 6.09. The van der Waals surface area contributed by atoms with E-state index in [1.54, 1.807) is 0 Å². The van der Waals surface area contributed by atoms with Gasteiger partial charge in [-0.05, 0) is 85.3 Å². The van der Waals surface area contributed by atoms with E-state index in [0.717, 1.165) is 56.3 Å². The van der Waals surface area contributed by atoms with E-state index in [9.17, 15) is 0 Å². The van der Waals surface area contributed by atoms with E-state index in [4.69, 9.17) is 9.97 Å². The molecule has 232 valence electrons. The summed E-state index contributed by atoms with van der Waals surface area (Å²) in [6.45, 7) is 2.09. The van der Waals surface area contributed by atoms with Crippen molar-refractivity contribution in [2.24, 2.45) is 0 Å². The summed E-state index contributed by atoms with van der Waals surface area (Å²) in [6.07, 6.45) is 0. The van der Waals surface area contributed by atoms with Gasteiger partial charge >= 0.3 is 0 Å². The van der Waals surface area contributed by atoms with Gasteiger partial charge < -0.3 is 9.47 Å². The van der Waals surface area contributed by atoms with Gasteiger partial charge in [-0.15, -0.1) is 0 Å². The van der Waals surface area contributed by atoms with Gasteiger partial charge in [0.2, 0.25) is 0 Å². The summed E-state index contributed by atoms with van der Waals surface area (Å²) < 4.78 is 2.35. The summed E-state index contributed by atoms with van der Waals surface area (Å²) in [4.78, 5) is 12.6. The third-order valence-electron chi connectivity index (χ3n) is 9.23. The molecule has 0 fully saturated rings. The Morgan fingerprint density at radius 1 is 0.429 bits per heavy atom. The van der Waals surface area contributed by atoms with Crippen LogP contribution in [0.25, 0.3) is 61.0 Å². The number of hydrogen-bond acceptors (Lipinski definition) is 3. The minimum Gasteiger partial charge on any atom is -0.311 e. The van der Waals surface area contributed by atoms with Gasteiger partial charge in [0, 0.05) is 44.6 Å². The maximum Gasteiger partial charge on any atom is 0.0973 e. The minimum atomic E-state index is 0.873. The van der Waals surface area contributed by atoms with Gasteiger partial charge in [0.15, 0.2) is 0 Å². The molecule has 0 aliphatic rings. The van der Waals surface area contributed by atoms with Crippen molar-refractivity contribution >= 4 is 49.9 Å². The van der Waals surface area contributed by atoms with Crippen LogP contribution < -0.4 is 4.90 Å². The topological polar surface area (TPSA) is 34.0 Å². The zero-order chi connectivity index (χ0) is 32.7. The number of para-hydroxylation sites is 3. The summed E-state index contributed by atoms with van der Waals surface area (Å²) in [7, 11) is 0. The number of aryl methyl sites for hydroxylation is 1. The number of benzene rings is 7. The van der Waals surface area contributed by atoms with Crippen LogP contribution in [-0.2, 0) is 0 Å². The normalized spacial score (nSPS) is 11.4. The van der Waals surface area contributed by atoms with Crippen LogP contribution in [0, 0.1) is 6.92 Å². The lowest BCUT2D eigenvalue weighted by molar-refractivity contribution is 1.17. The number of rotatable bonds is 6. The molecule has 0 unspecified atom stereocenters. The Kier molecular flexibility index (Phi) is 6.98. The van der Waals surface area contributed by atoms with Crippen LogP contribution in [0.1, 0.15) is 5.56 Å². The van der Waals surface area contributed by atoms with Crippen LogP contribution in [0.4, 0.5) is 17.1 Å². The molecule has 0 N–H and O–H groups in total. The van der Waals surface area contributed by atoms with Gasteiger partial charge in [-0.25, -0.2) is 9.97 Å². The van der Waals surface area contributed by atoms with Gasteiger partial charge in [-0.3, -0.25) is 0 Å². The zero-order valence-electron chi connectivity index (χ0n) is 27.0. The fraction of sp³-hybridized carbons (Fsp3) is 0.0222. The van der Waals surface area contributed by atoms with Gasteiger partial charge in [0.05, 0.1) is 33.5 Å². The number of aromatic nitrogens is 3. The predicted molar refractivity (Wildman–Crippen MR) is 204 cm³/mol. The van der Waals surface area contributed by atoms with Gasteiger partial charge in [-0.1, -0.05) is 103 Å². The van der Waals surface area contributed by atoms with Crippen molar-refractivity contribution in [1.29, 1.82) is 0 Å². The molecule has 2 aromatic heterocycles. The van der Waals surface area contributed by atoms with E-state index in [-0.39, 0.29) is 0 Å². The molecule has 0 saturated carbocycles. The lowest BCUT2D eigenvalue weighted by atomic mass is 10.0. The van der Waals surface area contributed by atoms with Crippen molar-refractivity contribution in [1.82, 2.24) is 14.5 Å². The van der Waals surface area contributed by atoms with Crippen molar-refractivity contribution in [3.05, 3.63) is 181 Å². The Morgan fingerprint density at radius 2 is 0.918 bits per heavy atom. The van der Waals surface area contributed by atoms with E-state index in [1.165, 1.54) is 27.4 Å². The Hall–Kier alpha value is -6.52. The number of fused-ring (bicyclic) bond motifs is 4. The van der Waals surface area contributed by atoms with Gasteiger partial charge in [0.25, 0.3) is 0 Å². The molecule has 4 nitrogen and oxygen atoms in total. The Balaban J connectivity index is 1.14. The molecular weight excluding hydrogens is 597 g/mol. The highest BCUT2D eigenvalue weighted by Crippen LogP contribution is 2.38. The highest BCUT2D eigenvalue weighted by atomic mass is 15.1. The maximum absolute atomic E-state index is 5.17. The van der Waals surface area contributed by atoms with Gasteiger partial charge in [0.1, 0.15) is 0 Å². The Bertz CT molecular complexity index is 2540. The molecule has 4 heteroatoms. The van der Waals surface area contributed by atoms with Crippen molar-refractivity contribution in [2.75, 3.05) is 4.90 Å². The average Bonchev–Trinajstić information content (AvgIpc) is 3.50. The van der Waals surface area contributed by atoms with Crippen LogP contribution in [0.5, 0.6) is 0 Å². The molecule has 0 spiro atoms. The summed E-state index contributed by atoms with van der Waals surface area (Å²) in [5.74, 6) is 0. The zero-order valence-corrected chi connectivity index (χ0v) is 27.0. The number of anilines is 3. The van der Waals surface area contributed by atoms with Gasteiger partial charge in [-0.2, -0.15) is 0 Å². The summed E-state index contributed by atoms with van der Waals surface area (Å²) >= 11 is 0. The van der Waals surface area contributed by atoms with Crippen LogP contribution in [-0.4, -0.2) is 14.5 Å². The number of hydrogen-bond donors (Lipinski definition) is 0.